The Morgan fingerprint density at radius 1 is 1.07 bits per heavy atom. The zero-order valence-corrected chi connectivity index (χ0v) is 15.4. The highest BCUT2D eigenvalue weighted by molar-refractivity contribution is 6.61. The van der Waals surface area contributed by atoms with Crippen LogP contribution in [-0.4, -0.2) is 45.4 Å². The minimum Gasteiger partial charge on any atom is -0.406 e. The SMILES string of the molecule is C#Cc1ccc(NC(C#N)c2ccc(B3OCCN(C)CCO3)cc2)cc1. The minimum absolute atomic E-state index is 0.363. The number of nitrogens with one attached hydrogen (secondary N) is 1. The van der Waals surface area contributed by atoms with E-state index in [9.17, 15) is 5.26 Å². The molecule has 136 valence electrons. The number of terminal acetylenes is 1. The Morgan fingerprint density at radius 3 is 2.26 bits per heavy atom. The molecule has 1 heterocycles. The smallest absolute Gasteiger partial charge is 0.406 e. The first kappa shape index (κ1) is 19.0. The Kier molecular flexibility index (Phi) is 6.51. The van der Waals surface area contributed by atoms with Crippen molar-refractivity contribution in [1.29, 1.82) is 5.26 Å². The fourth-order valence-electron chi connectivity index (χ4n) is 2.85. The van der Waals surface area contributed by atoms with Crippen LogP contribution in [0.3, 0.4) is 0 Å². The Hall–Kier alpha value is -2.77. The highest BCUT2D eigenvalue weighted by Gasteiger charge is 2.23. The zero-order valence-electron chi connectivity index (χ0n) is 15.4. The summed E-state index contributed by atoms with van der Waals surface area (Å²) in [6, 6.07) is 17.1. The third-order valence-electron chi connectivity index (χ3n) is 4.52. The van der Waals surface area contributed by atoms with Crippen LogP contribution in [0, 0.1) is 23.7 Å². The fraction of sp³-hybridized carbons (Fsp3) is 0.286. The van der Waals surface area contributed by atoms with Crippen molar-refractivity contribution in [2.75, 3.05) is 38.7 Å². The van der Waals surface area contributed by atoms with Gasteiger partial charge in [0.2, 0.25) is 0 Å². The first-order valence-corrected chi connectivity index (χ1v) is 8.94. The molecule has 2 aromatic rings. The molecule has 1 atom stereocenters. The van der Waals surface area contributed by atoms with E-state index >= 15 is 0 Å². The van der Waals surface area contributed by atoms with Gasteiger partial charge in [-0.2, -0.15) is 5.26 Å². The van der Waals surface area contributed by atoms with Gasteiger partial charge in [-0.15, -0.1) is 6.42 Å². The first-order valence-electron chi connectivity index (χ1n) is 8.94. The van der Waals surface area contributed by atoms with Crippen LogP contribution in [-0.2, 0) is 9.31 Å². The van der Waals surface area contributed by atoms with Gasteiger partial charge in [0.25, 0.3) is 0 Å². The van der Waals surface area contributed by atoms with Crippen LogP contribution in [0.4, 0.5) is 5.69 Å². The molecule has 6 heteroatoms. The average molecular weight is 359 g/mol. The van der Waals surface area contributed by atoms with E-state index in [1.54, 1.807) is 0 Å². The lowest BCUT2D eigenvalue weighted by Gasteiger charge is -2.24. The van der Waals surface area contributed by atoms with Crippen LogP contribution in [0.2, 0.25) is 0 Å². The van der Waals surface area contributed by atoms with E-state index in [4.69, 9.17) is 15.7 Å². The summed E-state index contributed by atoms with van der Waals surface area (Å²) in [5.41, 5.74) is 3.50. The second kappa shape index (κ2) is 9.25. The van der Waals surface area contributed by atoms with E-state index in [-0.39, 0.29) is 7.12 Å². The second-order valence-electron chi connectivity index (χ2n) is 6.47. The van der Waals surface area contributed by atoms with Crippen molar-refractivity contribution < 1.29 is 9.31 Å². The number of nitrogens with zero attached hydrogens (tertiary/aromatic N) is 2. The number of benzene rings is 2. The van der Waals surface area contributed by atoms with Gasteiger partial charge in [-0.1, -0.05) is 30.2 Å². The maximum atomic E-state index is 9.55. The fourth-order valence-corrected chi connectivity index (χ4v) is 2.85. The summed E-state index contributed by atoms with van der Waals surface area (Å²) in [6.45, 7) is 3.02. The molecule has 1 fully saturated rings. The normalized spacial score (nSPS) is 16.5. The number of hydrogen-bond donors (Lipinski definition) is 1. The largest absolute Gasteiger partial charge is 0.493 e. The van der Waals surface area contributed by atoms with Crippen LogP contribution in [0.25, 0.3) is 0 Å². The predicted molar refractivity (Wildman–Crippen MR) is 108 cm³/mol. The highest BCUT2D eigenvalue weighted by atomic mass is 16.6. The summed E-state index contributed by atoms with van der Waals surface area (Å²) in [7, 11) is 1.69. The molecular formula is C21H22BN3O2. The van der Waals surface area contributed by atoms with Crippen LogP contribution >= 0.6 is 0 Å². The van der Waals surface area contributed by atoms with Gasteiger partial charge in [0, 0.05) is 37.6 Å². The zero-order chi connectivity index (χ0) is 19.1. The molecule has 5 nitrogen and oxygen atoms in total. The lowest BCUT2D eigenvalue weighted by atomic mass is 9.78. The van der Waals surface area contributed by atoms with Crippen molar-refractivity contribution in [3.05, 3.63) is 59.7 Å². The third-order valence-corrected chi connectivity index (χ3v) is 4.52. The number of hydrogen-bond acceptors (Lipinski definition) is 5. The summed E-state index contributed by atoms with van der Waals surface area (Å²) in [5.74, 6) is 2.58. The first-order chi connectivity index (χ1) is 13.2. The van der Waals surface area contributed by atoms with E-state index in [1.165, 1.54) is 0 Å². The maximum Gasteiger partial charge on any atom is 0.493 e. The van der Waals surface area contributed by atoms with Gasteiger partial charge in [-0.3, -0.25) is 0 Å². The topological polar surface area (TPSA) is 57.5 Å². The number of anilines is 1. The van der Waals surface area contributed by atoms with Crippen LogP contribution in [0.5, 0.6) is 0 Å². The van der Waals surface area contributed by atoms with E-state index < -0.39 is 6.04 Å². The van der Waals surface area contributed by atoms with Crippen molar-refractivity contribution >= 4 is 18.3 Å². The molecule has 1 N–H and O–H groups in total. The Balaban J connectivity index is 1.67. The van der Waals surface area contributed by atoms with Gasteiger partial charge in [-0.25, -0.2) is 0 Å². The molecule has 1 unspecified atom stereocenters. The summed E-state index contributed by atoms with van der Waals surface area (Å²) in [4.78, 5) is 2.18. The van der Waals surface area contributed by atoms with Gasteiger partial charge in [-0.05, 0) is 42.3 Å². The quantitative estimate of drug-likeness (QED) is 0.669. The van der Waals surface area contributed by atoms with Gasteiger partial charge in [0.1, 0.15) is 6.04 Å². The lowest BCUT2D eigenvalue weighted by molar-refractivity contribution is 0.132. The summed E-state index contributed by atoms with van der Waals surface area (Å²) < 4.78 is 11.6. The van der Waals surface area contributed by atoms with Crippen LogP contribution in [0.15, 0.2) is 48.5 Å². The van der Waals surface area contributed by atoms with Gasteiger partial charge < -0.3 is 19.5 Å². The highest BCUT2D eigenvalue weighted by Crippen LogP contribution is 2.19. The van der Waals surface area contributed by atoms with Gasteiger partial charge >= 0.3 is 7.12 Å². The molecule has 1 aliphatic rings. The molecule has 0 aliphatic carbocycles. The Bertz CT molecular complexity index is 814. The molecule has 27 heavy (non-hydrogen) atoms. The van der Waals surface area contributed by atoms with Crippen molar-refractivity contribution in [2.24, 2.45) is 0 Å². The van der Waals surface area contributed by atoms with E-state index in [1.807, 2.05) is 48.5 Å². The minimum atomic E-state index is -0.455. The van der Waals surface area contributed by atoms with Crippen molar-refractivity contribution in [3.63, 3.8) is 0 Å². The maximum absolute atomic E-state index is 9.55. The van der Waals surface area contributed by atoms with Crippen molar-refractivity contribution in [3.8, 4) is 18.4 Å². The van der Waals surface area contributed by atoms with Crippen molar-refractivity contribution in [1.82, 2.24) is 4.90 Å². The van der Waals surface area contributed by atoms with Gasteiger partial charge in [0.05, 0.1) is 6.07 Å². The number of rotatable bonds is 4. The molecule has 1 aliphatic heterocycles. The van der Waals surface area contributed by atoms with Crippen LogP contribution < -0.4 is 10.8 Å². The molecule has 0 aromatic heterocycles. The van der Waals surface area contributed by atoms with Crippen molar-refractivity contribution in [2.45, 2.75) is 6.04 Å². The molecule has 1 saturated heterocycles. The number of likely N-dealkylation sites (N-methyl/N-ethyl adjacent to an activating group) is 1. The Labute approximate surface area is 161 Å². The van der Waals surface area contributed by atoms with E-state index in [0.29, 0.717) is 13.2 Å². The average Bonchev–Trinajstić information content (AvgIpc) is 2.69. The molecule has 0 bridgehead atoms. The summed E-state index contributed by atoms with van der Waals surface area (Å²) >= 11 is 0. The monoisotopic (exact) mass is 359 g/mol. The van der Waals surface area contributed by atoms with E-state index in [0.717, 1.165) is 35.4 Å². The summed E-state index contributed by atoms with van der Waals surface area (Å²) in [5, 5.41) is 12.8. The molecule has 0 saturated carbocycles. The van der Waals surface area contributed by atoms with Gasteiger partial charge in [0.15, 0.2) is 0 Å². The van der Waals surface area contributed by atoms with Crippen LogP contribution in [0.1, 0.15) is 17.2 Å². The molecule has 0 radical (unpaired) electrons. The molecule has 0 amide bonds. The molecule has 0 spiro atoms. The second-order valence-corrected chi connectivity index (χ2v) is 6.47. The molecular weight excluding hydrogens is 337 g/mol. The standard InChI is InChI=1S/C21H22BN3O2/c1-3-17-4-10-20(11-5-17)24-21(16-23)18-6-8-19(9-7-18)22-26-14-12-25(2)13-15-27-22/h1,4-11,21,24H,12-15H2,2H3. The lowest BCUT2D eigenvalue weighted by Crippen LogP contribution is -2.43. The third kappa shape index (κ3) is 5.12. The molecule has 2 aromatic carbocycles. The van der Waals surface area contributed by atoms with E-state index in [2.05, 4.69) is 29.3 Å². The summed E-state index contributed by atoms with van der Waals surface area (Å²) in [6.07, 6.45) is 5.37. The Morgan fingerprint density at radius 2 is 1.70 bits per heavy atom. The predicted octanol–water partition coefficient (Wildman–Crippen LogP) is 2.02. The number of nitriles is 1. The molecule has 3 rings (SSSR count).